The number of nitrogens with one attached hydrogen (secondary N) is 1. The van der Waals surface area contributed by atoms with E-state index >= 15 is 0 Å². The molecule has 0 spiro atoms. The average molecular weight is 285 g/mol. The Morgan fingerprint density at radius 3 is 2.58 bits per heavy atom. The van der Waals surface area contributed by atoms with E-state index in [9.17, 15) is 13.2 Å². The number of hydrogen-bond acceptors (Lipinski definition) is 3. The molecule has 1 aromatic rings. The SMILES string of the molecule is CCC(C)CNS(=O)(=O)c1cccc(C(=O)O)c1C. The van der Waals surface area contributed by atoms with E-state index in [1.54, 1.807) is 0 Å². The lowest BCUT2D eigenvalue weighted by atomic mass is 10.1. The van der Waals surface area contributed by atoms with Crippen molar-refractivity contribution in [1.29, 1.82) is 0 Å². The predicted octanol–water partition coefficient (Wildman–Crippen LogP) is 2.02. The van der Waals surface area contributed by atoms with Gasteiger partial charge in [-0.05, 0) is 30.5 Å². The molecule has 0 fully saturated rings. The van der Waals surface area contributed by atoms with Crippen molar-refractivity contribution in [1.82, 2.24) is 4.72 Å². The molecule has 106 valence electrons. The maximum Gasteiger partial charge on any atom is 0.335 e. The number of sulfonamides is 1. The summed E-state index contributed by atoms with van der Waals surface area (Å²) < 4.78 is 26.8. The van der Waals surface area contributed by atoms with Crippen LogP contribution in [0.2, 0.25) is 0 Å². The number of rotatable bonds is 6. The number of carboxylic acid groups (broad SMARTS) is 1. The zero-order valence-corrected chi connectivity index (χ0v) is 12.1. The van der Waals surface area contributed by atoms with Crippen LogP contribution in [0.3, 0.4) is 0 Å². The molecule has 1 aromatic carbocycles. The first-order valence-electron chi connectivity index (χ1n) is 6.12. The van der Waals surface area contributed by atoms with Crippen molar-refractivity contribution >= 4 is 16.0 Å². The molecule has 1 unspecified atom stereocenters. The van der Waals surface area contributed by atoms with E-state index in [2.05, 4.69) is 4.72 Å². The van der Waals surface area contributed by atoms with Gasteiger partial charge in [-0.2, -0.15) is 0 Å². The zero-order valence-electron chi connectivity index (χ0n) is 11.3. The van der Waals surface area contributed by atoms with Gasteiger partial charge >= 0.3 is 5.97 Å². The first-order valence-corrected chi connectivity index (χ1v) is 7.60. The molecule has 1 atom stereocenters. The van der Waals surface area contributed by atoms with E-state index in [-0.39, 0.29) is 21.9 Å². The van der Waals surface area contributed by atoms with E-state index < -0.39 is 16.0 Å². The van der Waals surface area contributed by atoms with Crippen molar-refractivity contribution in [3.63, 3.8) is 0 Å². The molecule has 0 bridgehead atoms. The normalized spacial score (nSPS) is 13.2. The molecule has 0 heterocycles. The minimum absolute atomic E-state index is 0.00594. The van der Waals surface area contributed by atoms with Crippen LogP contribution in [0.5, 0.6) is 0 Å². The van der Waals surface area contributed by atoms with Crippen molar-refractivity contribution in [2.45, 2.75) is 32.1 Å². The van der Waals surface area contributed by atoms with Gasteiger partial charge in [-0.25, -0.2) is 17.9 Å². The van der Waals surface area contributed by atoms with Crippen LogP contribution in [-0.4, -0.2) is 26.0 Å². The molecule has 0 radical (unpaired) electrons. The Hall–Kier alpha value is -1.40. The van der Waals surface area contributed by atoms with E-state index in [1.165, 1.54) is 25.1 Å². The Balaban J connectivity index is 3.09. The molecular weight excluding hydrogens is 266 g/mol. The van der Waals surface area contributed by atoms with Crippen molar-refractivity contribution in [2.75, 3.05) is 6.54 Å². The van der Waals surface area contributed by atoms with Crippen LogP contribution >= 0.6 is 0 Å². The minimum atomic E-state index is -3.67. The number of hydrogen-bond donors (Lipinski definition) is 2. The summed E-state index contributed by atoms with van der Waals surface area (Å²) in [5.41, 5.74) is 0.262. The lowest BCUT2D eigenvalue weighted by Gasteiger charge is -2.13. The molecule has 2 N–H and O–H groups in total. The quantitative estimate of drug-likeness (QED) is 0.837. The molecule has 0 saturated heterocycles. The molecule has 0 aliphatic heterocycles. The van der Waals surface area contributed by atoms with E-state index in [1.807, 2.05) is 13.8 Å². The highest BCUT2D eigenvalue weighted by Crippen LogP contribution is 2.19. The summed E-state index contributed by atoms with van der Waals surface area (Å²) in [6, 6.07) is 4.25. The zero-order chi connectivity index (χ0) is 14.6. The molecule has 6 heteroatoms. The highest BCUT2D eigenvalue weighted by molar-refractivity contribution is 7.89. The first-order chi connectivity index (χ1) is 8.79. The molecule has 0 aliphatic rings. The summed E-state index contributed by atoms with van der Waals surface area (Å²) in [6.45, 7) is 5.77. The molecule has 0 amide bonds. The van der Waals surface area contributed by atoms with Crippen LogP contribution in [0.25, 0.3) is 0 Å². The summed E-state index contributed by atoms with van der Waals surface area (Å²) in [5, 5.41) is 9.00. The summed E-state index contributed by atoms with van der Waals surface area (Å²) in [4.78, 5) is 11.0. The number of carbonyl (C=O) groups is 1. The summed E-state index contributed by atoms with van der Waals surface area (Å²) in [7, 11) is -3.67. The van der Waals surface area contributed by atoms with Crippen LogP contribution in [0.1, 0.15) is 36.2 Å². The van der Waals surface area contributed by atoms with Gasteiger partial charge < -0.3 is 5.11 Å². The highest BCUT2D eigenvalue weighted by Gasteiger charge is 2.20. The largest absolute Gasteiger partial charge is 0.478 e. The lowest BCUT2D eigenvalue weighted by Crippen LogP contribution is -2.29. The second-order valence-electron chi connectivity index (χ2n) is 4.60. The van der Waals surface area contributed by atoms with E-state index in [0.29, 0.717) is 6.54 Å². The smallest absolute Gasteiger partial charge is 0.335 e. The highest BCUT2D eigenvalue weighted by atomic mass is 32.2. The van der Waals surface area contributed by atoms with Gasteiger partial charge in [-0.1, -0.05) is 26.3 Å². The van der Waals surface area contributed by atoms with Gasteiger partial charge in [0.1, 0.15) is 0 Å². The van der Waals surface area contributed by atoms with Crippen LogP contribution < -0.4 is 4.72 Å². The monoisotopic (exact) mass is 285 g/mol. The maximum absolute atomic E-state index is 12.1. The molecule has 1 rings (SSSR count). The Labute approximate surface area is 113 Å². The third kappa shape index (κ3) is 3.78. The Morgan fingerprint density at radius 2 is 2.05 bits per heavy atom. The maximum atomic E-state index is 12.1. The van der Waals surface area contributed by atoms with Gasteiger partial charge in [0, 0.05) is 6.54 Å². The lowest BCUT2D eigenvalue weighted by molar-refractivity contribution is 0.0696. The second kappa shape index (κ2) is 6.16. The molecule has 0 aromatic heterocycles. The van der Waals surface area contributed by atoms with Gasteiger partial charge in [0.15, 0.2) is 0 Å². The number of benzene rings is 1. The van der Waals surface area contributed by atoms with Crippen molar-refractivity contribution < 1.29 is 18.3 Å². The molecule has 19 heavy (non-hydrogen) atoms. The van der Waals surface area contributed by atoms with Crippen molar-refractivity contribution in [2.24, 2.45) is 5.92 Å². The van der Waals surface area contributed by atoms with Gasteiger partial charge in [0.2, 0.25) is 10.0 Å². The summed E-state index contributed by atoms with van der Waals surface area (Å²) in [5.74, 6) is -0.894. The predicted molar refractivity (Wildman–Crippen MR) is 72.8 cm³/mol. The van der Waals surface area contributed by atoms with Gasteiger partial charge in [0.05, 0.1) is 10.5 Å². The molecule has 0 saturated carbocycles. The van der Waals surface area contributed by atoms with Crippen LogP contribution in [0.4, 0.5) is 0 Å². The molecule has 5 nitrogen and oxygen atoms in total. The van der Waals surface area contributed by atoms with Crippen LogP contribution in [0, 0.1) is 12.8 Å². The van der Waals surface area contributed by atoms with Gasteiger partial charge in [-0.3, -0.25) is 0 Å². The fourth-order valence-electron chi connectivity index (χ4n) is 1.61. The first kappa shape index (κ1) is 15.7. The fraction of sp³-hybridized carbons (Fsp3) is 0.462. The standard InChI is InChI=1S/C13H19NO4S/c1-4-9(2)8-14-19(17,18)12-7-5-6-11(10(12)3)13(15)16/h5-7,9,14H,4,8H2,1-3H3,(H,15,16). The average Bonchev–Trinajstić information content (AvgIpc) is 2.35. The third-order valence-corrected chi connectivity index (χ3v) is 4.69. The minimum Gasteiger partial charge on any atom is -0.478 e. The van der Waals surface area contributed by atoms with Crippen LogP contribution in [0.15, 0.2) is 23.1 Å². The second-order valence-corrected chi connectivity index (χ2v) is 6.33. The molecule has 0 aliphatic carbocycles. The molecular formula is C13H19NO4S. The topological polar surface area (TPSA) is 83.5 Å². The van der Waals surface area contributed by atoms with Gasteiger partial charge in [0.25, 0.3) is 0 Å². The van der Waals surface area contributed by atoms with Crippen molar-refractivity contribution in [3.8, 4) is 0 Å². The third-order valence-electron chi connectivity index (χ3n) is 3.12. The van der Waals surface area contributed by atoms with E-state index in [4.69, 9.17) is 5.11 Å². The van der Waals surface area contributed by atoms with Crippen molar-refractivity contribution in [3.05, 3.63) is 29.3 Å². The summed E-state index contributed by atoms with van der Waals surface area (Å²) >= 11 is 0. The van der Waals surface area contributed by atoms with E-state index in [0.717, 1.165) is 6.42 Å². The summed E-state index contributed by atoms with van der Waals surface area (Å²) in [6.07, 6.45) is 0.872. The number of aromatic carboxylic acids is 1. The number of carboxylic acids is 1. The Kier molecular flexibility index (Phi) is 5.08. The van der Waals surface area contributed by atoms with Gasteiger partial charge in [-0.15, -0.1) is 0 Å². The Bertz CT molecular complexity index is 566. The Morgan fingerprint density at radius 1 is 1.42 bits per heavy atom. The van der Waals surface area contributed by atoms with Crippen LogP contribution in [-0.2, 0) is 10.0 Å². The fourth-order valence-corrected chi connectivity index (χ4v) is 3.04.